The summed E-state index contributed by atoms with van der Waals surface area (Å²) >= 11 is 3.39. The molecule has 1 saturated heterocycles. The molecule has 2 atom stereocenters. The fourth-order valence-corrected chi connectivity index (χ4v) is 3.78. The van der Waals surface area contributed by atoms with E-state index < -0.39 is 6.36 Å². The molecule has 0 bridgehead atoms. The highest BCUT2D eigenvalue weighted by Crippen LogP contribution is 2.40. The van der Waals surface area contributed by atoms with Crippen LogP contribution in [0.15, 0.2) is 22.7 Å². The topological polar surface area (TPSA) is 24.5 Å². The Kier molecular flexibility index (Phi) is 6.95. The fraction of sp³-hybridized carbons (Fsp3) is 0.647. The van der Waals surface area contributed by atoms with Crippen molar-refractivity contribution >= 4 is 15.9 Å². The third-order valence-electron chi connectivity index (χ3n) is 4.34. The van der Waals surface area contributed by atoms with Gasteiger partial charge in [0.25, 0.3) is 0 Å². The van der Waals surface area contributed by atoms with Crippen LogP contribution in [-0.2, 0) is 0 Å². The Balaban J connectivity index is 2.41. The molecule has 0 spiro atoms. The number of benzene rings is 1. The fourth-order valence-electron chi connectivity index (χ4n) is 3.40. The Labute approximate surface area is 149 Å². The molecule has 0 saturated carbocycles. The molecule has 2 rings (SSSR count). The summed E-state index contributed by atoms with van der Waals surface area (Å²) in [5.41, 5.74) is 0.601. The van der Waals surface area contributed by atoms with Crippen LogP contribution in [0.3, 0.4) is 0 Å². The highest BCUT2D eigenvalue weighted by atomic mass is 79.9. The molecule has 1 unspecified atom stereocenters. The Morgan fingerprint density at radius 3 is 2.54 bits per heavy atom. The van der Waals surface area contributed by atoms with E-state index in [2.05, 4.69) is 44.7 Å². The van der Waals surface area contributed by atoms with E-state index in [1.165, 1.54) is 6.07 Å². The van der Waals surface area contributed by atoms with Crippen molar-refractivity contribution in [3.05, 3.63) is 28.2 Å². The van der Waals surface area contributed by atoms with Crippen molar-refractivity contribution in [1.82, 2.24) is 10.2 Å². The number of nitrogens with zero attached hydrogens (tertiary/aromatic N) is 1. The molecule has 0 aliphatic carbocycles. The number of ether oxygens (including phenoxy) is 1. The number of alkyl halides is 3. The molecule has 0 aromatic heterocycles. The SMILES string of the molecule is CCCC(C)[C@@H](c1cc(Br)ccc1OC(F)(F)F)N1CCNCC1. The van der Waals surface area contributed by atoms with Crippen molar-refractivity contribution in [3.63, 3.8) is 0 Å². The van der Waals surface area contributed by atoms with Gasteiger partial charge < -0.3 is 10.1 Å². The van der Waals surface area contributed by atoms with Gasteiger partial charge in [-0.2, -0.15) is 0 Å². The van der Waals surface area contributed by atoms with Gasteiger partial charge in [0.2, 0.25) is 0 Å². The molecule has 1 N–H and O–H groups in total. The summed E-state index contributed by atoms with van der Waals surface area (Å²) in [6, 6.07) is 4.66. The molecule has 1 aliphatic heterocycles. The zero-order valence-electron chi connectivity index (χ0n) is 14.0. The standard InChI is InChI=1S/C17H24BrF3N2O/c1-3-4-12(2)16(23-9-7-22-8-10-23)14-11-13(18)5-6-15(14)24-17(19,20)21/h5-6,11-12,16,22H,3-4,7-10H2,1-2H3/t12?,16-/m0/s1. The molecule has 3 nitrogen and oxygen atoms in total. The highest BCUT2D eigenvalue weighted by Gasteiger charge is 2.35. The van der Waals surface area contributed by atoms with Crippen molar-refractivity contribution < 1.29 is 17.9 Å². The maximum atomic E-state index is 12.8. The Morgan fingerprint density at radius 2 is 1.96 bits per heavy atom. The molecule has 1 fully saturated rings. The normalized spacial score (nSPS) is 19.1. The molecule has 7 heteroatoms. The molecule has 24 heavy (non-hydrogen) atoms. The minimum atomic E-state index is -4.69. The molecule has 0 radical (unpaired) electrons. The van der Waals surface area contributed by atoms with Crippen molar-refractivity contribution in [3.8, 4) is 5.75 Å². The van der Waals surface area contributed by atoms with E-state index in [0.29, 0.717) is 5.56 Å². The van der Waals surface area contributed by atoms with E-state index in [1.54, 1.807) is 12.1 Å². The molecule has 136 valence electrons. The van der Waals surface area contributed by atoms with Gasteiger partial charge in [0.05, 0.1) is 0 Å². The van der Waals surface area contributed by atoms with Gasteiger partial charge in [0.15, 0.2) is 0 Å². The Morgan fingerprint density at radius 1 is 1.29 bits per heavy atom. The van der Waals surface area contributed by atoms with Gasteiger partial charge in [-0.25, -0.2) is 0 Å². The zero-order chi connectivity index (χ0) is 17.7. The van der Waals surface area contributed by atoms with Gasteiger partial charge in [-0.15, -0.1) is 13.2 Å². The molecule has 1 heterocycles. The summed E-state index contributed by atoms with van der Waals surface area (Å²) in [7, 11) is 0. The molecule has 1 aliphatic rings. The van der Waals surface area contributed by atoms with Crippen molar-refractivity contribution in [1.29, 1.82) is 0 Å². The van der Waals surface area contributed by atoms with Gasteiger partial charge >= 0.3 is 6.36 Å². The van der Waals surface area contributed by atoms with E-state index in [4.69, 9.17) is 0 Å². The Hall–Kier alpha value is -0.790. The molecular weight excluding hydrogens is 385 g/mol. The third kappa shape index (κ3) is 5.36. The van der Waals surface area contributed by atoms with Crippen LogP contribution in [0.2, 0.25) is 0 Å². The molecular formula is C17H24BrF3N2O. The van der Waals surface area contributed by atoms with Crippen LogP contribution in [0.4, 0.5) is 13.2 Å². The number of nitrogens with one attached hydrogen (secondary N) is 1. The zero-order valence-corrected chi connectivity index (χ0v) is 15.6. The molecule has 1 aromatic rings. The van der Waals surface area contributed by atoms with Crippen LogP contribution < -0.4 is 10.1 Å². The van der Waals surface area contributed by atoms with Crippen LogP contribution in [0.1, 0.15) is 38.3 Å². The average molecular weight is 409 g/mol. The second-order valence-corrected chi connectivity index (χ2v) is 7.14. The van der Waals surface area contributed by atoms with Gasteiger partial charge in [-0.05, 0) is 30.5 Å². The quantitative estimate of drug-likeness (QED) is 0.735. The van der Waals surface area contributed by atoms with Crippen molar-refractivity contribution in [2.24, 2.45) is 5.92 Å². The van der Waals surface area contributed by atoms with E-state index in [1.807, 2.05) is 0 Å². The van der Waals surface area contributed by atoms with Crippen LogP contribution in [0.25, 0.3) is 0 Å². The van der Waals surface area contributed by atoms with Crippen LogP contribution in [-0.4, -0.2) is 37.4 Å². The van der Waals surface area contributed by atoms with Gasteiger partial charge in [-0.3, -0.25) is 4.90 Å². The van der Waals surface area contributed by atoms with Crippen molar-refractivity contribution in [2.45, 2.75) is 39.1 Å². The maximum absolute atomic E-state index is 12.8. The second kappa shape index (κ2) is 8.54. The van der Waals surface area contributed by atoms with E-state index in [0.717, 1.165) is 43.5 Å². The van der Waals surface area contributed by atoms with E-state index in [9.17, 15) is 13.2 Å². The summed E-state index contributed by atoms with van der Waals surface area (Å²) in [5.74, 6) is 0.134. The minimum Gasteiger partial charge on any atom is -0.405 e. The summed E-state index contributed by atoms with van der Waals surface area (Å²) in [4.78, 5) is 2.27. The van der Waals surface area contributed by atoms with Gasteiger partial charge in [-0.1, -0.05) is 36.2 Å². The smallest absolute Gasteiger partial charge is 0.405 e. The van der Waals surface area contributed by atoms with Crippen LogP contribution in [0, 0.1) is 5.92 Å². The summed E-state index contributed by atoms with van der Waals surface area (Å²) in [6.07, 6.45) is -2.75. The summed E-state index contributed by atoms with van der Waals surface area (Å²) in [6.45, 7) is 7.53. The summed E-state index contributed by atoms with van der Waals surface area (Å²) < 4.78 is 43.5. The predicted octanol–water partition coefficient (Wildman–Crippen LogP) is 4.73. The van der Waals surface area contributed by atoms with E-state index in [-0.39, 0.29) is 17.7 Å². The highest BCUT2D eigenvalue weighted by molar-refractivity contribution is 9.10. The van der Waals surface area contributed by atoms with Crippen molar-refractivity contribution in [2.75, 3.05) is 26.2 Å². The lowest BCUT2D eigenvalue weighted by atomic mass is 9.88. The lowest BCUT2D eigenvalue weighted by Crippen LogP contribution is -2.46. The number of hydrogen-bond acceptors (Lipinski definition) is 3. The first-order valence-corrected chi connectivity index (χ1v) is 9.11. The first-order valence-electron chi connectivity index (χ1n) is 8.31. The van der Waals surface area contributed by atoms with E-state index >= 15 is 0 Å². The monoisotopic (exact) mass is 408 g/mol. The number of piperazine rings is 1. The predicted molar refractivity (Wildman–Crippen MR) is 92.1 cm³/mol. The van der Waals surface area contributed by atoms with Gasteiger partial charge in [0.1, 0.15) is 5.75 Å². The first-order chi connectivity index (χ1) is 11.3. The Bertz CT molecular complexity index is 533. The lowest BCUT2D eigenvalue weighted by Gasteiger charge is -2.39. The third-order valence-corrected chi connectivity index (χ3v) is 4.84. The summed E-state index contributed by atoms with van der Waals surface area (Å²) in [5, 5.41) is 3.29. The average Bonchev–Trinajstić information content (AvgIpc) is 2.50. The first kappa shape index (κ1) is 19.5. The number of hydrogen-bond donors (Lipinski definition) is 1. The maximum Gasteiger partial charge on any atom is 0.573 e. The van der Waals surface area contributed by atoms with Gasteiger partial charge in [0, 0.05) is 42.3 Å². The van der Waals surface area contributed by atoms with Crippen LogP contribution >= 0.6 is 15.9 Å². The molecule has 0 amide bonds. The minimum absolute atomic E-state index is 0.0955. The molecule has 1 aromatic carbocycles. The number of halogens is 4. The van der Waals surface area contributed by atoms with Crippen LogP contribution in [0.5, 0.6) is 5.75 Å². The second-order valence-electron chi connectivity index (χ2n) is 6.23. The lowest BCUT2D eigenvalue weighted by molar-refractivity contribution is -0.275. The largest absolute Gasteiger partial charge is 0.573 e. The number of rotatable bonds is 6.